The average molecular weight is 230 g/mol. The standard InChI is InChI=1S/C12H14N4O/c1-2-6-13-8-12(17)15-10-4-3-5-11-9(10)7-14-16-11/h2-5,7,13H,1,6,8H2,(H,14,16)(H,15,17). The third-order valence-corrected chi connectivity index (χ3v) is 2.33. The molecule has 1 aromatic heterocycles. The number of benzene rings is 1. The molecule has 0 aliphatic heterocycles. The van der Waals surface area contributed by atoms with Gasteiger partial charge in [-0.3, -0.25) is 9.89 Å². The van der Waals surface area contributed by atoms with Gasteiger partial charge in [0.25, 0.3) is 0 Å². The first-order chi connectivity index (χ1) is 8.31. The number of hydrogen-bond donors (Lipinski definition) is 3. The summed E-state index contributed by atoms with van der Waals surface area (Å²) >= 11 is 0. The van der Waals surface area contributed by atoms with E-state index >= 15 is 0 Å². The van der Waals surface area contributed by atoms with E-state index in [1.165, 1.54) is 0 Å². The van der Waals surface area contributed by atoms with Crippen LogP contribution in [0.2, 0.25) is 0 Å². The summed E-state index contributed by atoms with van der Waals surface area (Å²) in [5.41, 5.74) is 1.67. The minimum Gasteiger partial charge on any atom is -0.324 e. The fourth-order valence-corrected chi connectivity index (χ4v) is 1.56. The Morgan fingerprint density at radius 2 is 2.41 bits per heavy atom. The van der Waals surface area contributed by atoms with E-state index in [1.54, 1.807) is 12.3 Å². The van der Waals surface area contributed by atoms with Crippen molar-refractivity contribution >= 4 is 22.5 Å². The van der Waals surface area contributed by atoms with Gasteiger partial charge in [-0.2, -0.15) is 5.10 Å². The fraction of sp³-hybridized carbons (Fsp3) is 0.167. The zero-order chi connectivity index (χ0) is 12.1. The van der Waals surface area contributed by atoms with E-state index in [1.807, 2.05) is 18.2 Å². The molecular weight excluding hydrogens is 216 g/mol. The van der Waals surface area contributed by atoms with Crippen LogP contribution in [0.15, 0.2) is 37.1 Å². The summed E-state index contributed by atoms with van der Waals surface area (Å²) in [5, 5.41) is 13.5. The number of amides is 1. The molecule has 0 radical (unpaired) electrons. The second kappa shape index (κ2) is 5.27. The van der Waals surface area contributed by atoms with Gasteiger partial charge in [-0.1, -0.05) is 12.1 Å². The molecule has 0 spiro atoms. The molecular formula is C12H14N4O. The molecule has 0 saturated heterocycles. The molecule has 5 heteroatoms. The Labute approximate surface area is 98.9 Å². The van der Waals surface area contributed by atoms with Gasteiger partial charge in [0.1, 0.15) is 0 Å². The highest BCUT2D eigenvalue weighted by molar-refractivity contribution is 6.01. The summed E-state index contributed by atoms with van der Waals surface area (Å²) in [7, 11) is 0. The van der Waals surface area contributed by atoms with E-state index < -0.39 is 0 Å². The van der Waals surface area contributed by atoms with Crippen molar-refractivity contribution in [2.45, 2.75) is 0 Å². The molecule has 0 aliphatic carbocycles. The second-order valence-corrected chi connectivity index (χ2v) is 3.60. The lowest BCUT2D eigenvalue weighted by atomic mass is 10.2. The summed E-state index contributed by atoms with van der Waals surface area (Å²) in [6.45, 7) is 4.45. The van der Waals surface area contributed by atoms with Crippen LogP contribution >= 0.6 is 0 Å². The normalized spacial score (nSPS) is 10.4. The number of nitrogens with one attached hydrogen (secondary N) is 3. The minimum atomic E-state index is -0.0828. The number of aromatic nitrogens is 2. The Hall–Kier alpha value is -2.14. The molecule has 1 aromatic carbocycles. The zero-order valence-electron chi connectivity index (χ0n) is 9.36. The molecule has 0 saturated carbocycles. The largest absolute Gasteiger partial charge is 0.324 e. The second-order valence-electron chi connectivity index (χ2n) is 3.60. The van der Waals surface area contributed by atoms with Gasteiger partial charge in [0.2, 0.25) is 5.91 Å². The lowest BCUT2D eigenvalue weighted by Gasteiger charge is -2.06. The van der Waals surface area contributed by atoms with Crippen LogP contribution in [0, 0.1) is 0 Å². The maximum Gasteiger partial charge on any atom is 0.238 e. The molecule has 88 valence electrons. The molecule has 17 heavy (non-hydrogen) atoms. The lowest BCUT2D eigenvalue weighted by molar-refractivity contribution is -0.115. The smallest absolute Gasteiger partial charge is 0.238 e. The number of carbonyl (C=O) groups is 1. The molecule has 0 atom stereocenters. The van der Waals surface area contributed by atoms with E-state index in [-0.39, 0.29) is 12.5 Å². The van der Waals surface area contributed by atoms with Gasteiger partial charge in [0, 0.05) is 11.9 Å². The number of fused-ring (bicyclic) bond motifs is 1. The van der Waals surface area contributed by atoms with Crippen LogP contribution in [0.1, 0.15) is 0 Å². The SMILES string of the molecule is C=CCNCC(=O)Nc1cccc2[nH]ncc12. The van der Waals surface area contributed by atoms with E-state index in [9.17, 15) is 4.79 Å². The predicted octanol–water partition coefficient (Wildman–Crippen LogP) is 1.28. The Morgan fingerprint density at radius 1 is 1.53 bits per heavy atom. The molecule has 2 aromatic rings. The molecule has 1 amide bonds. The van der Waals surface area contributed by atoms with Gasteiger partial charge >= 0.3 is 0 Å². The lowest BCUT2D eigenvalue weighted by Crippen LogP contribution is -2.28. The molecule has 0 bridgehead atoms. The van der Waals surface area contributed by atoms with Gasteiger partial charge < -0.3 is 10.6 Å². The summed E-state index contributed by atoms with van der Waals surface area (Å²) in [6.07, 6.45) is 3.41. The number of aromatic amines is 1. The van der Waals surface area contributed by atoms with Gasteiger partial charge in [-0.25, -0.2) is 0 Å². The van der Waals surface area contributed by atoms with Crippen molar-refractivity contribution in [3.8, 4) is 0 Å². The van der Waals surface area contributed by atoms with Crippen molar-refractivity contribution in [2.24, 2.45) is 0 Å². The van der Waals surface area contributed by atoms with Crippen molar-refractivity contribution in [3.63, 3.8) is 0 Å². The quantitative estimate of drug-likeness (QED) is 0.535. The van der Waals surface area contributed by atoms with E-state index in [4.69, 9.17) is 0 Å². The number of anilines is 1. The van der Waals surface area contributed by atoms with Crippen molar-refractivity contribution in [1.29, 1.82) is 0 Å². The maximum absolute atomic E-state index is 11.6. The number of H-pyrrole nitrogens is 1. The summed E-state index contributed by atoms with van der Waals surface area (Å²) < 4.78 is 0. The predicted molar refractivity (Wildman–Crippen MR) is 67.8 cm³/mol. The first-order valence-electron chi connectivity index (χ1n) is 5.35. The first-order valence-corrected chi connectivity index (χ1v) is 5.35. The van der Waals surface area contributed by atoms with Crippen LogP contribution < -0.4 is 10.6 Å². The molecule has 0 unspecified atom stereocenters. The highest BCUT2D eigenvalue weighted by atomic mass is 16.1. The monoisotopic (exact) mass is 230 g/mol. The summed E-state index contributed by atoms with van der Waals surface area (Å²) in [5.74, 6) is -0.0828. The molecule has 0 aliphatic rings. The topological polar surface area (TPSA) is 69.8 Å². The van der Waals surface area contributed by atoms with Crippen LogP contribution in [0.5, 0.6) is 0 Å². The Bertz CT molecular complexity index is 532. The first kappa shape index (κ1) is 11.3. The van der Waals surface area contributed by atoms with Crippen LogP contribution in [0.4, 0.5) is 5.69 Å². The Balaban J connectivity index is 2.05. The molecule has 1 heterocycles. The van der Waals surface area contributed by atoms with Crippen LogP contribution in [0.3, 0.4) is 0 Å². The average Bonchev–Trinajstić information content (AvgIpc) is 2.78. The maximum atomic E-state index is 11.6. The summed E-state index contributed by atoms with van der Waals surface area (Å²) in [4.78, 5) is 11.6. The van der Waals surface area contributed by atoms with E-state index in [2.05, 4.69) is 27.4 Å². The van der Waals surface area contributed by atoms with E-state index in [0.717, 1.165) is 16.6 Å². The summed E-state index contributed by atoms with van der Waals surface area (Å²) in [6, 6.07) is 5.63. The molecule has 3 N–H and O–H groups in total. The van der Waals surface area contributed by atoms with Crippen molar-refractivity contribution < 1.29 is 4.79 Å². The highest BCUT2D eigenvalue weighted by Gasteiger charge is 2.05. The number of rotatable bonds is 5. The zero-order valence-corrected chi connectivity index (χ0v) is 9.36. The molecule has 0 fully saturated rings. The Kier molecular flexibility index (Phi) is 3.52. The number of hydrogen-bond acceptors (Lipinski definition) is 3. The van der Waals surface area contributed by atoms with Crippen LogP contribution in [-0.4, -0.2) is 29.2 Å². The Morgan fingerprint density at radius 3 is 3.24 bits per heavy atom. The van der Waals surface area contributed by atoms with Gasteiger partial charge in [0.15, 0.2) is 0 Å². The third-order valence-electron chi connectivity index (χ3n) is 2.33. The van der Waals surface area contributed by atoms with Gasteiger partial charge in [0.05, 0.1) is 23.9 Å². The van der Waals surface area contributed by atoms with Crippen LogP contribution in [0.25, 0.3) is 10.9 Å². The fourth-order valence-electron chi connectivity index (χ4n) is 1.56. The van der Waals surface area contributed by atoms with Crippen LogP contribution in [-0.2, 0) is 4.79 Å². The molecule has 2 rings (SSSR count). The minimum absolute atomic E-state index is 0.0828. The van der Waals surface area contributed by atoms with Crippen molar-refractivity contribution in [2.75, 3.05) is 18.4 Å². The van der Waals surface area contributed by atoms with Gasteiger partial charge in [-0.05, 0) is 12.1 Å². The number of nitrogens with zero attached hydrogens (tertiary/aromatic N) is 1. The third kappa shape index (κ3) is 2.70. The van der Waals surface area contributed by atoms with Crippen molar-refractivity contribution in [1.82, 2.24) is 15.5 Å². The number of carbonyl (C=O) groups excluding carboxylic acids is 1. The van der Waals surface area contributed by atoms with Crippen molar-refractivity contribution in [3.05, 3.63) is 37.1 Å². The highest BCUT2D eigenvalue weighted by Crippen LogP contribution is 2.20. The molecule has 5 nitrogen and oxygen atoms in total. The van der Waals surface area contributed by atoms with E-state index in [0.29, 0.717) is 6.54 Å². The van der Waals surface area contributed by atoms with Gasteiger partial charge in [-0.15, -0.1) is 6.58 Å².